The van der Waals surface area contributed by atoms with E-state index in [0.29, 0.717) is 18.1 Å². The van der Waals surface area contributed by atoms with Gasteiger partial charge in [-0.05, 0) is 47.5 Å². The second kappa shape index (κ2) is 9.46. The first-order chi connectivity index (χ1) is 13.7. The number of hydrogen-bond donors (Lipinski definition) is 1. The fourth-order valence-corrected chi connectivity index (χ4v) is 2.76. The molecule has 0 spiro atoms. The SMILES string of the molecule is COc1ccc(CC(=O)Nc2ccc(OCc3ccccc3)cc2)cc1OC. The molecule has 0 saturated carbocycles. The van der Waals surface area contributed by atoms with Gasteiger partial charge in [-0.1, -0.05) is 36.4 Å². The van der Waals surface area contributed by atoms with Gasteiger partial charge in [0, 0.05) is 5.69 Å². The average molecular weight is 377 g/mol. The van der Waals surface area contributed by atoms with Gasteiger partial charge in [-0.3, -0.25) is 4.79 Å². The molecule has 1 N–H and O–H groups in total. The molecule has 28 heavy (non-hydrogen) atoms. The van der Waals surface area contributed by atoms with Crippen LogP contribution >= 0.6 is 0 Å². The van der Waals surface area contributed by atoms with Gasteiger partial charge in [0.05, 0.1) is 20.6 Å². The standard InChI is InChI=1S/C23H23NO4/c1-26-21-13-8-18(14-22(21)27-2)15-23(25)24-19-9-11-20(12-10-19)28-16-17-6-4-3-5-7-17/h3-14H,15-16H2,1-2H3,(H,24,25). The van der Waals surface area contributed by atoms with Crippen LogP contribution < -0.4 is 19.5 Å². The molecule has 1 amide bonds. The summed E-state index contributed by atoms with van der Waals surface area (Å²) >= 11 is 0. The van der Waals surface area contributed by atoms with Gasteiger partial charge < -0.3 is 19.5 Å². The molecular weight excluding hydrogens is 354 g/mol. The number of methoxy groups -OCH3 is 2. The monoisotopic (exact) mass is 377 g/mol. The molecule has 5 nitrogen and oxygen atoms in total. The van der Waals surface area contributed by atoms with Crippen molar-refractivity contribution in [1.29, 1.82) is 0 Å². The Kier molecular flexibility index (Phi) is 6.52. The van der Waals surface area contributed by atoms with E-state index in [4.69, 9.17) is 14.2 Å². The Labute approximate surface area is 164 Å². The normalized spacial score (nSPS) is 10.2. The summed E-state index contributed by atoms with van der Waals surface area (Å²) in [7, 11) is 3.15. The molecular formula is C23H23NO4. The summed E-state index contributed by atoms with van der Waals surface area (Å²) in [6, 6.07) is 22.8. The molecule has 3 aromatic rings. The Morgan fingerprint density at radius 3 is 2.21 bits per heavy atom. The lowest BCUT2D eigenvalue weighted by molar-refractivity contribution is -0.115. The number of benzene rings is 3. The number of amides is 1. The highest BCUT2D eigenvalue weighted by atomic mass is 16.5. The van der Waals surface area contributed by atoms with Crippen LogP contribution in [0.25, 0.3) is 0 Å². The Morgan fingerprint density at radius 1 is 0.821 bits per heavy atom. The first kappa shape index (κ1) is 19.3. The Hall–Kier alpha value is -3.47. The van der Waals surface area contributed by atoms with Crippen molar-refractivity contribution in [2.45, 2.75) is 13.0 Å². The van der Waals surface area contributed by atoms with Crippen LogP contribution in [-0.4, -0.2) is 20.1 Å². The van der Waals surface area contributed by atoms with E-state index in [1.54, 1.807) is 26.4 Å². The molecule has 0 radical (unpaired) electrons. The first-order valence-electron chi connectivity index (χ1n) is 8.95. The highest BCUT2D eigenvalue weighted by Crippen LogP contribution is 2.27. The second-order valence-corrected chi connectivity index (χ2v) is 6.21. The smallest absolute Gasteiger partial charge is 0.228 e. The molecule has 144 valence electrons. The summed E-state index contributed by atoms with van der Waals surface area (Å²) in [5.41, 5.74) is 2.67. The van der Waals surface area contributed by atoms with Crippen molar-refractivity contribution in [2.75, 3.05) is 19.5 Å². The molecule has 3 rings (SSSR count). The van der Waals surface area contributed by atoms with E-state index < -0.39 is 0 Å². The summed E-state index contributed by atoms with van der Waals surface area (Å²) in [4.78, 5) is 12.3. The minimum atomic E-state index is -0.106. The maximum atomic E-state index is 12.3. The van der Waals surface area contributed by atoms with E-state index in [1.165, 1.54) is 0 Å². The van der Waals surface area contributed by atoms with Crippen LogP contribution in [0.4, 0.5) is 5.69 Å². The van der Waals surface area contributed by atoms with Crippen LogP contribution in [-0.2, 0) is 17.8 Å². The molecule has 0 aliphatic heterocycles. The van der Waals surface area contributed by atoms with E-state index in [2.05, 4.69) is 5.32 Å². The number of carbonyl (C=O) groups excluding carboxylic acids is 1. The van der Waals surface area contributed by atoms with Gasteiger partial charge in [0.1, 0.15) is 12.4 Å². The minimum absolute atomic E-state index is 0.106. The van der Waals surface area contributed by atoms with Crippen molar-refractivity contribution in [3.8, 4) is 17.2 Å². The summed E-state index contributed by atoms with van der Waals surface area (Å²) in [5.74, 6) is 1.89. The molecule has 3 aromatic carbocycles. The highest BCUT2D eigenvalue weighted by Gasteiger charge is 2.09. The van der Waals surface area contributed by atoms with Crippen LogP contribution in [0.15, 0.2) is 72.8 Å². The molecule has 0 saturated heterocycles. The third-order valence-corrected chi connectivity index (χ3v) is 4.20. The molecule has 0 bridgehead atoms. The van der Waals surface area contributed by atoms with Gasteiger partial charge >= 0.3 is 0 Å². The summed E-state index contributed by atoms with van der Waals surface area (Å²) in [5, 5.41) is 2.89. The zero-order valence-corrected chi connectivity index (χ0v) is 16.0. The lowest BCUT2D eigenvalue weighted by atomic mass is 10.1. The van der Waals surface area contributed by atoms with Crippen molar-refractivity contribution < 1.29 is 19.0 Å². The third-order valence-electron chi connectivity index (χ3n) is 4.20. The molecule has 0 aromatic heterocycles. The van der Waals surface area contributed by atoms with Gasteiger partial charge in [-0.15, -0.1) is 0 Å². The van der Waals surface area contributed by atoms with Crippen LogP contribution in [0.2, 0.25) is 0 Å². The summed E-state index contributed by atoms with van der Waals surface area (Å²) < 4.78 is 16.2. The molecule has 0 heterocycles. The van der Waals surface area contributed by atoms with E-state index in [-0.39, 0.29) is 12.3 Å². The molecule has 0 unspecified atom stereocenters. The maximum Gasteiger partial charge on any atom is 0.228 e. The van der Waals surface area contributed by atoms with Crippen LogP contribution in [0.1, 0.15) is 11.1 Å². The van der Waals surface area contributed by atoms with E-state index in [9.17, 15) is 4.79 Å². The number of ether oxygens (including phenoxy) is 3. The number of anilines is 1. The Bertz CT molecular complexity index is 908. The van der Waals surface area contributed by atoms with Gasteiger partial charge in [0.2, 0.25) is 5.91 Å². The van der Waals surface area contributed by atoms with Gasteiger partial charge in [0.25, 0.3) is 0 Å². The summed E-state index contributed by atoms with van der Waals surface area (Å²) in [6.45, 7) is 0.506. The van der Waals surface area contributed by atoms with Gasteiger partial charge in [-0.2, -0.15) is 0 Å². The predicted molar refractivity (Wildman–Crippen MR) is 109 cm³/mol. The largest absolute Gasteiger partial charge is 0.493 e. The minimum Gasteiger partial charge on any atom is -0.493 e. The average Bonchev–Trinajstić information content (AvgIpc) is 2.74. The van der Waals surface area contributed by atoms with E-state index >= 15 is 0 Å². The van der Waals surface area contributed by atoms with Crippen molar-refractivity contribution in [1.82, 2.24) is 0 Å². The lowest BCUT2D eigenvalue weighted by Gasteiger charge is -2.10. The van der Waals surface area contributed by atoms with E-state index in [0.717, 1.165) is 22.6 Å². The summed E-state index contributed by atoms with van der Waals surface area (Å²) in [6.07, 6.45) is 0.243. The molecule has 0 fully saturated rings. The number of nitrogens with one attached hydrogen (secondary N) is 1. The number of hydrogen-bond acceptors (Lipinski definition) is 4. The second-order valence-electron chi connectivity index (χ2n) is 6.21. The quantitative estimate of drug-likeness (QED) is 0.630. The van der Waals surface area contributed by atoms with E-state index in [1.807, 2.05) is 60.7 Å². The van der Waals surface area contributed by atoms with Crippen molar-refractivity contribution in [3.63, 3.8) is 0 Å². The van der Waals surface area contributed by atoms with Crippen molar-refractivity contribution in [2.24, 2.45) is 0 Å². The fourth-order valence-electron chi connectivity index (χ4n) is 2.76. The van der Waals surface area contributed by atoms with Crippen LogP contribution in [0, 0.1) is 0 Å². The zero-order valence-electron chi connectivity index (χ0n) is 16.0. The third kappa shape index (κ3) is 5.27. The lowest BCUT2D eigenvalue weighted by Crippen LogP contribution is -2.14. The predicted octanol–water partition coefficient (Wildman–Crippen LogP) is 4.46. The topological polar surface area (TPSA) is 56.8 Å². The van der Waals surface area contributed by atoms with Crippen molar-refractivity contribution >= 4 is 11.6 Å². The molecule has 0 atom stereocenters. The highest BCUT2D eigenvalue weighted by molar-refractivity contribution is 5.92. The number of carbonyl (C=O) groups is 1. The molecule has 5 heteroatoms. The van der Waals surface area contributed by atoms with Crippen LogP contribution in [0.5, 0.6) is 17.2 Å². The fraction of sp³-hybridized carbons (Fsp3) is 0.174. The maximum absolute atomic E-state index is 12.3. The first-order valence-corrected chi connectivity index (χ1v) is 8.95. The van der Waals surface area contributed by atoms with Crippen LogP contribution in [0.3, 0.4) is 0 Å². The Balaban J connectivity index is 1.54. The zero-order chi connectivity index (χ0) is 19.8. The van der Waals surface area contributed by atoms with Gasteiger partial charge in [0.15, 0.2) is 11.5 Å². The van der Waals surface area contributed by atoms with Gasteiger partial charge in [-0.25, -0.2) is 0 Å². The number of rotatable bonds is 8. The van der Waals surface area contributed by atoms with Crippen molar-refractivity contribution in [3.05, 3.63) is 83.9 Å². The molecule has 0 aliphatic rings. The molecule has 0 aliphatic carbocycles. The Morgan fingerprint density at radius 2 is 1.54 bits per heavy atom.